The lowest BCUT2D eigenvalue weighted by Crippen LogP contribution is -2.46. The van der Waals surface area contributed by atoms with Crippen molar-refractivity contribution < 1.29 is 13.2 Å². The van der Waals surface area contributed by atoms with Gasteiger partial charge in [0.15, 0.2) is 0 Å². The zero-order valence-electron chi connectivity index (χ0n) is 12.7. The van der Waals surface area contributed by atoms with E-state index in [2.05, 4.69) is 17.2 Å². The van der Waals surface area contributed by atoms with Crippen molar-refractivity contribution in [3.8, 4) is 0 Å². The molecule has 0 spiro atoms. The average Bonchev–Trinajstić information content (AvgIpc) is 2.48. The number of methoxy groups -OCH3 is 1. The van der Waals surface area contributed by atoms with E-state index in [9.17, 15) is 8.42 Å². The monoisotopic (exact) mass is 313 g/mol. The third-order valence-corrected chi connectivity index (χ3v) is 5.82. The van der Waals surface area contributed by atoms with Crippen molar-refractivity contribution >= 4 is 15.7 Å². The van der Waals surface area contributed by atoms with Gasteiger partial charge >= 0.3 is 0 Å². The Hall–Kier alpha value is -1.18. The number of rotatable bonds is 5. The van der Waals surface area contributed by atoms with E-state index in [1.165, 1.54) is 10.5 Å². The molecule has 0 bridgehead atoms. The quantitative estimate of drug-likeness (QED) is 0.893. The van der Waals surface area contributed by atoms with Gasteiger partial charge in [-0.3, -0.25) is 4.98 Å². The van der Waals surface area contributed by atoms with E-state index in [4.69, 9.17) is 4.74 Å². The topological polar surface area (TPSA) is 71.5 Å². The van der Waals surface area contributed by atoms with Crippen LogP contribution >= 0.6 is 0 Å². The van der Waals surface area contributed by atoms with Crippen LogP contribution in [0.4, 0.5) is 5.69 Å². The van der Waals surface area contributed by atoms with Crippen LogP contribution in [0.3, 0.4) is 0 Å². The lowest BCUT2D eigenvalue weighted by Gasteiger charge is -2.35. The number of pyridine rings is 1. The van der Waals surface area contributed by atoms with Crippen molar-refractivity contribution in [1.82, 2.24) is 9.29 Å². The van der Waals surface area contributed by atoms with Gasteiger partial charge in [-0.15, -0.1) is 0 Å². The van der Waals surface area contributed by atoms with Crippen LogP contribution in [0.15, 0.2) is 23.4 Å². The Labute approximate surface area is 126 Å². The van der Waals surface area contributed by atoms with Crippen molar-refractivity contribution in [3.05, 3.63) is 18.5 Å². The molecule has 1 aliphatic heterocycles. The predicted molar refractivity (Wildman–Crippen MR) is 81.7 cm³/mol. The maximum Gasteiger partial charge on any atom is 0.246 e. The van der Waals surface area contributed by atoms with Crippen molar-refractivity contribution in [3.63, 3.8) is 0 Å². The highest BCUT2D eigenvalue weighted by atomic mass is 32.2. The molecule has 2 atom stereocenters. The summed E-state index contributed by atoms with van der Waals surface area (Å²) in [6.07, 6.45) is 3.74. The molecular weight excluding hydrogens is 290 g/mol. The highest BCUT2D eigenvalue weighted by Gasteiger charge is 2.35. The van der Waals surface area contributed by atoms with Gasteiger partial charge in [-0.25, -0.2) is 8.42 Å². The summed E-state index contributed by atoms with van der Waals surface area (Å²) in [5.74, 6) is 0.364. The number of nitrogens with zero attached hydrogens (tertiary/aromatic N) is 2. The Morgan fingerprint density at radius 1 is 1.52 bits per heavy atom. The molecule has 0 saturated carbocycles. The van der Waals surface area contributed by atoms with E-state index < -0.39 is 10.0 Å². The second-order valence-electron chi connectivity index (χ2n) is 5.31. The Balaban J connectivity index is 2.30. The number of anilines is 1. The van der Waals surface area contributed by atoms with Gasteiger partial charge in [0.25, 0.3) is 0 Å². The van der Waals surface area contributed by atoms with Crippen LogP contribution in [-0.2, 0) is 14.8 Å². The molecule has 0 aliphatic carbocycles. The molecule has 2 heterocycles. The Kier molecular flexibility index (Phi) is 5.18. The van der Waals surface area contributed by atoms with Gasteiger partial charge in [-0.1, -0.05) is 6.92 Å². The average molecular weight is 313 g/mol. The summed E-state index contributed by atoms with van der Waals surface area (Å²) in [4.78, 5) is 4.20. The van der Waals surface area contributed by atoms with E-state index in [1.54, 1.807) is 19.4 Å². The summed E-state index contributed by atoms with van der Waals surface area (Å²) in [7, 11) is -1.92. The van der Waals surface area contributed by atoms with E-state index in [1.807, 2.05) is 6.92 Å². The standard InChI is InChI=1S/C14H23N3O3S/c1-4-16-12-5-7-15-9-14(12)21(18,19)17-8-6-11(2)13(10-17)20-3/h5,7,9,11,13H,4,6,8,10H2,1-3H3,(H,15,16). The summed E-state index contributed by atoms with van der Waals surface area (Å²) in [5.41, 5.74) is 0.597. The SMILES string of the molecule is CCNc1ccncc1S(=O)(=O)N1CCC(C)C(OC)C1. The predicted octanol–water partition coefficient (Wildman–Crippen LogP) is 1.56. The first-order valence-electron chi connectivity index (χ1n) is 7.21. The molecule has 1 fully saturated rings. The first-order chi connectivity index (χ1) is 10.0. The maximum absolute atomic E-state index is 12.8. The molecule has 1 aliphatic rings. The van der Waals surface area contributed by atoms with E-state index in [0.717, 1.165) is 6.42 Å². The normalized spacial score (nSPS) is 24.0. The summed E-state index contributed by atoms with van der Waals surface area (Å²) < 4.78 is 32.6. The summed E-state index contributed by atoms with van der Waals surface area (Å²) in [5, 5.41) is 3.08. The van der Waals surface area contributed by atoms with E-state index in [-0.39, 0.29) is 11.0 Å². The maximum atomic E-state index is 12.8. The zero-order chi connectivity index (χ0) is 15.5. The molecule has 0 amide bonds. The van der Waals surface area contributed by atoms with Crippen LogP contribution in [0, 0.1) is 5.92 Å². The Bertz CT molecular complexity index is 577. The number of piperidine rings is 1. The van der Waals surface area contributed by atoms with Crippen LogP contribution in [0.1, 0.15) is 20.3 Å². The molecule has 21 heavy (non-hydrogen) atoms. The number of ether oxygens (including phenoxy) is 1. The number of hydrogen-bond donors (Lipinski definition) is 1. The first kappa shape index (κ1) is 16.2. The molecule has 1 aromatic heterocycles. The number of sulfonamides is 1. The van der Waals surface area contributed by atoms with Crippen LogP contribution in [0.25, 0.3) is 0 Å². The van der Waals surface area contributed by atoms with Crippen molar-refractivity contribution in [1.29, 1.82) is 0 Å². The fourth-order valence-corrected chi connectivity index (χ4v) is 4.17. The highest BCUT2D eigenvalue weighted by Crippen LogP contribution is 2.28. The van der Waals surface area contributed by atoms with Gasteiger partial charge in [0, 0.05) is 39.1 Å². The molecule has 2 unspecified atom stereocenters. The molecule has 1 N–H and O–H groups in total. The second-order valence-corrected chi connectivity index (χ2v) is 7.21. The van der Waals surface area contributed by atoms with Crippen LogP contribution < -0.4 is 5.32 Å². The van der Waals surface area contributed by atoms with Gasteiger partial charge in [0.2, 0.25) is 10.0 Å². The fourth-order valence-electron chi connectivity index (χ4n) is 2.59. The van der Waals surface area contributed by atoms with Gasteiger partial charge in [0.05, 0.1) is 11.8 Å². The molecule has 1 aromatic rings. The van der Waals surface area contributed by atoms with Crippen LogP contribution in [0.5, 0.6) is 0 Å². The minimum Gasteiger partial charge on any atom is -0.384 e. The zero-order valence-corrected chi connectivity index (χ0v) is 13.6. The lowest BCUT2D eigenvalue weighted by atomic mass is 9.97. The molecular formula is C14H23N3O3S. The van der Waals surface area contributed by atoms with Crippen molar-refractivity contribution in [2.75, 3.05) is 32.1 Å². The summed E-state index contributed by atoms with van der Waals surface area (Å²) >= 11 is 0. The Morgan fingerprint density at radius 2 is 2.29 bits per heavy atom. The van der Waals surface area contributed by atoms with E-state index >= 15 is 0 Å². The number of hydrogen-bond acceptors (Lipinski definition) is 5. The molecule has 2 rings (SSSR count). The van der Waals surface area contributed by atoms with Crippen LogP contribution in [0.2, 0.25) is 0 Å². The summed E-state index contributed by atoms with van der Waals surface area (Å²) in [6, 6.07) is 1.69. The molecule has 0 aromatic carbocycles. The largest absolute Gasteiger partial charge is 0.384 e. The van der Waals surface area contributed by atoms with Crippen LogP contribution in [-0.4, -0.2) is 50.6 Å². The highest BCUT2D eigenvalue weighted by molar-refractivity contribution is 7.89. The summed E-state index contributed by atoms with van der Waals surface area (Å²) in [6.45, 7) is 5.58. The smallest absolute Gasteiger partial charge is 0.246 e. The lowest BCUT2D eigenvalue weighted by molar-refractivity contribution is 0.0184. The minimum atomic E-state index is -3.55. The third kappa shape index (κ3) is 3.36. The van der Waals surface area contributed by atoms with Crippen molar-refractivity contribution in [2.45, 2.75) is 31.3 Å². The van der Waals surface area contributed by atoms with E-state index in [0.29, 0.717) is 31.2 Å². The third-order valence-electron chi connectivity index (χ3n) is 3.92. The number of aromatic nitrogens is 1. The van der Waals surface area contributed by atoms with Crippen molar-refractivity contribution in [2.24, 2.45) is 5.92 Å². The first-order valence-corrected chi connectivity index (χ1v) is 8.65. The van der Waals surface area contributed by atoms with Gasteiger partial charge < -0.3 is 10.1 Å². The molecule has 0 radical (unpaired) electrons. The molecule has 7 heteroatoms. The number of nitrogens with one attached hydrogen (secondary N) is 1. The van der Waals surface area contributed by atoms with Gasteiger partial charge in [0.1, 0.15) is 4.90 Å². The molecule has 118 valence electrons. The van der Waals surface area contributed by atoms with Gasteiger partial charge in [-0.05, 0) is 25.3 Å². The molecule has 6 nitrogen and oxygen atoms in total. The second kappa shape index (κ2) is 6.72. The minimum absolute atomic E-state index is 0.0622. The van der Waals surface area contributed by atoms with Gasteiger partial charge in [-0.2, -0.15) is 4.31 Å². The fraction of sp³-hybridized carbons (Fsp3) is 0.643. The molecule has 1 saturated heterocycles. The Morgan fingerprint density at radius 3 is 2.95 bits per heavy atom.